The molecule has 23 heavy (non-hydrogen) atoms. The first kappa shape index (κ1) is 13.5. The summed E-state index contributed by atoms with van der Waals surface area (Å²) in [5.74, 6) is 1.92. The molecule has 0 radical (unpaired) electrons. The van der Waals surface area contributed by atoms with Crippen LogP contribution in [0.15, 0.2) is 52.4 Å². The molecule has 114 valence electrons. The van der Waals surface area contributed by atoms with Crippen LogP contribution in [-0.2, 0) is 0 Å². The Labute approximate surface area is 131 Å². The van der Waals surface area contributed by atoms with E-state index in [1.807, 2.05) is 36.4 Å². The van der Waals surface area contributed by atoms with Gasteiger partial charge in [-0.3, -0.25) is 4.79 Å². The molecule has 0 N–H and O–H groups in total. The van der Waals surface area contributed by atoms with Crippen LogP contribution in [0.1, 0.15) is 11.4 Å². The van der Waals surface area contributed by atoms with Crippen LogP contribution in [0.5, 0.6) is 11.5 Å². The summed E-state index contributed by atoms with van der Waals surface area (Å²) in [7, 11) is 0. The standard InChI is InChI=1S/C17H13N3O3/c1-11-19-14-5-3-2-4-13(14)17(21)20(11)18-9-12-6-7-15-16(8-12)23-10-22-15/h2-9H,10H2,1H3/b18-9-. The van der Waals surface area contributed by atoms with Gasteiger partial charge in [0.15, 0.2) is 11.5 Å². The van der Waals surface area contributed by atoms with E-state index < -0.39 is 0 Å². The maximum Gasteiger partial charge on any atom is 0.282 e. The van der Waals surface area contributed by atoms with Crippen molar-refractivity contribution in [1.29, 1.82) is 0 Å². The Morgan fingerprint density at radius 3 is 2.91 bits per heavy atom. The third kappa shape index (κ3) is 2.34. The number of nitrogens with zero attached hydrogens (tertiary/aromatic N) is 3. The van der Waals surface area contributed by atoms with Crippen molar-refractivity contribution in [2.24, 2.45) is 5.10 Å². The first-order valence-corrected chi connectivity index (χ1v) is 7.15. The molecule has 3 aromatic rings. The molecule has 2 heterocycles. The Morgan fingerprint density at radius 1 is 1.17 bits per heavy atom. The van der Waals surface area contributed by atoms with Crippen LogP contribution in [0, 0.1) is 6.92 Å². The fraction of sp³-hybridized carbons (Fsp3) is 0.118. The van der Waals surface area contributed by atoms with Crippen molar-refractivity contribution >= 4 is 17.1 Å². The number of benzene rings is 2. The second-order valence-electron chi connectivity index (χ2n) is 5.15. The summed E-state index contributed by atoms with van der Waals surface area (Å²) in [5, 5.41) is 4.81. The largest absolute Gasteiger partial charge is 0.454 e. The van der Waals surface area contributed by atoms with E-state index >= 15 is 0 Å². The highest BCUT2D eigenvalue weighted by Gasteiger charge is 2.12. The molecule has 2 aromatic carbocycles. The van der Waals surface area contributed by atoms with Gasteiger partial charge in [0.1, 0.15) is 5.82 Å². The molecule has 0 atom stereocenters. The number of para-hydroxylation sites is 1. The molecule has 0 fully saturated rings. The van der Waals surface area contributed by atoms with Gasteiger partial charge in [0.2, 0.25) is 6.79 Å². The molecule has 4 rings (SSSR count). The number of hydrogen-bond acceptors (Lipinski definition) is 5. The van der Waals surface area contributed by atoms with Gasteiger partial charge < -0.3 is 9.47 Å². The zero-order valence-corrected chi connectivity index (χ0v) is 12.4. The van der Waals surface area contributed by atoms with Gasteiger partial charge in [0.05, 0.1) is 17.1 Å². The summed E-state index contributed by atoms with van der Waals surface area (Å²) in [4.78, 5) is 16.9. The predicted molar refractivity (Wildman–Crippen MR) is 86.3 cm³/mol. The molecule has 6 nitrogen and oxygen atoms in total. The molecular formula is C17H13N3O3. The van der Waals surface area contributed by atoms with Crippen LogP contribution in [0.3, 0.4) is 0 Å². The first-order valence-electron chi connectivity index (χ1n) is 7.15. The minimum Gasteiger partial charge on any atom is -0.454 e. The Balaban J connectivity index is 1.76. The highest BCUT2D eigenvalue weighted by atomic mass is 16.7. The van der Waals surface area contributed by atoms with Crippen LogP contribution >= 0.6 is 0 Å². The van der Waals surface area contributed by atoms with E-state index in [0.717, 1.165) is 5.56 Å². The van der Waals surface area contributed by atoms with Crippen molar-refractivity contribution in [3.05, 3.63) is 64.2 Å². The quantitative estimate of drug-likeness (QED) is 0.682. The smallest absolute Gasteiger partial charge is 0.282 e. The number of aromatic nitrogens is 2. The molecule has 0 amide bonds. The van der Waals surface area contributed by atoms with E-state index in [1.165, 1.54) is 4.68 Å². The molecule has 6 heteroatoms. The number of ether oxygens (including phenoxy) is 2. The van der Waals surface area contributed by atoms with Crippen molar-refractivity contribution in [2.45, 2.75) is 6.92 Å². The Hall–Kier alpha value is -3.15. The molecule has 0 saturated heterocycles. The van der Waals surface area contributed by atoms with Gasteiger partial charge in [-0.15, -0.1) is 0 Å². The van der Waals surface area contributed by atoms with Crippen LogP contribution in [0.25, 0.3) is 10.9 Å². The number of hydrogen-bond donors (Lipinski definition) is 0. The van der Waals surface area contributed by atoms with E-state index in [9.17, 15) is 4.79 Å². The summed E-state index contributed by atoms with van der Waals surface area (Å²) < 4.78 is 11.9. The second kappa shape index (κ2) is 5.24. The van der Waals surface area contributed by atoms with Crippen LogP contribution in [0.4, 0.5) is 0 Å². The highest BCUT2D eigenvalue weighted by Crippen LogP contribution is 2.31. The second-order valence-corrected chi connectivity index (χ2v) is 5.15. The van der Waals surface area contributed by atoms with Crippen LogP contribution in [0.2, 0.25) is 0 Å². The predicted octanol–water partition coefficient (Wildman–Crippen LogP) is 2.32. The third-order valence-corrected chi connectivity index (χ3v) is 3.63. The van der Waals surface area contributed by atoms with E-state index in [1.54, 1.807) is 19.2 Å². The molecule has 1 aliphatic rings. The normalized spacial score (nSPS) is 13.1. The maximum absolute atomic E-state index is 12.5. The molecule has 0 aliphatic carbocycles. The summed E-state index contributed by atoms with van der Waals surface area (Å²) >= 11 is 0. The van der Waals surface area contributed by atoms with Gasteiger partial charge in [0, 0.05) is 0 Å². The van der Waals surface area contributed by atoms with Crippen LogP contribution < -0.4 is 15.0 Å². The fourth-order valence-corrected chi connectivity index (χ4v) is 2.49. The lowest BCUT2D eigenvalue weighted by Gasteiger charge is -2.05. The van der Waals surface area contributed by atoms with Crippen molar-refractivity contribution < 1.29 is 9.47 Å². The van der Waals surface area contributed by atoms with Gasteiger partial charge in [0.25, 0.3) is 5.56 Å². The Bertz CT molecular complexity index is 992. The van der Waals surface area contributed by atoms with Gasteiger partial charge in [-0.2, -0.15) is 9.78 Å². The zero-order chi connectivity index (χ0) is 15.8. The van der Waals surface area contributed by atoms with E-state index in [2.05, 4.69) is 10.1 Å². The first-order chi connectivity index (χ1) is 11.2. The number of aryl methyl sites for hydroxylation is 1. The van der Waals surface area contributed by atoms with Gasteiger partial charge in [-0.25, -0.2) is 4.98 Å². The lowest BCUT2D eigenvalue weighted by atomic mass is 10.2. The molecule has 0 unspecified atom stereocenters. The summed E-state index contributed by atoms with van der Waals surface area (Å²) in [5.41, 5.74) is 1.29. The topological polar surface area (TPSA) is 65.7 Å². The lowest BCUT2D eigenvalue weighted by Crippen LogP contribution is -2.20. The van der Waals surface area contributed by atoms with Gasteiger partial charge in [-0.1, -0.05) is 12.1 Å². The summed E-state index contributed by atoms with van der Waals surface area (Å²) in [6.07, 6.45) is 1.60. The Morgan fingerprint density at radius 2 is 2.00 bits per heavy atom. The van der Waals surface area contributed by atoms with Crippen molar-refractivity contribution in [3.63, 3.8) is 0 Å². The molecular weight excluding hydrogens is 294 g/mol. The van der Waals surface area contributed by atoms with E-state index in [4.69, 9.17) is 9.47 Å². The van der Waals surface area contributed by atoms with Crippen molar-refractivity contribution in [2.75, 3.05) is 6.79 Å². The van der Waals surface area contributed by atoms with Crippen LogP contribution in [-0.4, -0.2) is 22.7 Å². The molecule has 1 aliphatic heterocycles. The number of fused-ring (bicyclic) bond motifs is 2. The average Bonchev–Trinajstić information content (AvgIpc) is 3.02. The minimum atomic E-state index is -0.190. The van der Waals surface area contributed by atoms with E-state index in [-0.39, 0.29) is 12.4 Å². The number of rotatable bonds is 2. The maximum atomic E-state index is 12.5. The Kier molecular flexibility index (Phi) is 3.08. The molecule has 0 bridgehead atoms. The van der Waals surface area contributed by atoms with Gasteiger partial charge in [-0.05, 0) is 42.8 Å². The van der Waals surface area contributed by atoms with Crippen molar-refractivity contribution in [1.82, 2.24) is 9.66 Å². The highest BCUT2D eigenvalue weighted by molar-refractivity contribution is 5.81. The van der Waals surface area contributed by atoms with Crippen molar-refractivity contribution in [3.8, 4) is 11.5 Å². The molecule has 0 saturated carbocycles. The monoisotopic (exact) mass is 307 g/mol. The lowest BCUT2D eigenvalue weighted by molar-refractivity contribution is 0.174. The van der Waals surface area contributed by atoms with Gasteiger partial charge >= 0.3 is 0 Å². The summed E-state index contributed by atoms with van der Waals surface area (Å²) in [6.45, 7) is 1.98. The van der Waals surface area contributed by atoms with E-state index in [0.29, 0.717) is 28.2 Å². The zero-order valence-electron chi connectivity index (χ0n) is 12.4. The molecule has 1 aromatic heterocycles. The SMILES string of the molecule is Cc1nc2ccccc2c(=O)n1/N=C\c1ccc2c(c1)OCO2. The molecule has 0 spiro atoms. The minimum absolute atomic E-state index is 0.190. The fourth-order valence-electron chi connectivity index (χ4n) is 2.49. The average molecular weight is 307 g/mol. The third-order valence-electron chi connectivity index (χ3n) is 3.63. The summed E-state index contributed by atoms with van der Waals surface area (Å²) in [6, 6.07) is 12.7.